The summed E-state index contributed by atoms with van der Waals surface area (Å²) in [4.78, 5) is 15.8. The zero-order valence-corrected chi connectivity index (χ0v) is 10.9. The van der Waals surface area contributed by atoms with Crippen LogP contribution in [0.25, 0.3) is 0 Å². The Morgan fingerprint density at radius 3 is 2.55 bits per heavy atom. The molecular weight excluding hydrogens is 248 g/mol. The molecule has 1 aliphatic rings. The van der Waals surface area contributed by atoms with Gasteiger partial charge in [-0.15, -0.1) is 0 Å². The Morgan fingerprint density at radius 2 is 1.75 bits per heavy atom. The number of hydrogen-bond acceptors (Lipinski definition) is 3. The first-order chi connectivity index (χ1) is 9.88. The topological polar surface area (TPSA) is 41.5 Å². The maximum Gasteiger partial charge on any atom is 0.133 e. The number of nitrogens with one attached hydrogen (secondary N) is 1. The van der Waals surface area contributed by atoms with Crippen molar-refractivity contribution in [1.29, 1.82) is 0 Å². The molecule has 3 rings (SSSR count). The second-order valence-corrected chi connectivity index (χ2v) is 4.60. The van der Waals surface area contributed by atoms with Gasteiger partial charge in [-0.3, -0.25) is 4.99 Å². The second kappa shape index (κ2) is 5.53. The van der Waals surface area contributed by atoms with Gasteiger partial charge < -0.3 is 10.1 Å². The molecule has 1 heterocycles. The zero-order chi connectivity index (χ0) is 13.8. The minimum absolute atomic E-state index is 0.334. The summed E-state index contributed by atoms with van der Waals surface area (Å²) in [5, 5.41) is 3.31. The first-order valence-electron chi connectivity index (χ1n) is 6.48. The van der Waals surface area contributed by atoms with Crippen molar-refractivity contribution in [2.24, 2.45) is 4.99 Å². The maximum atomic E-state index is 11.5. The molecule has 98 valence electrons. The molecule has 1 N–H and O–H groups in total. The van der Waals surface area contributed by atoms with Gasteiger partial charge >= 0.3 is 0 Å². The molecule has 20 heavy (non-hydrogen) atoms. The molecule has 3 heteroatoms. The normalized spacial score (nSPS) is 14.5. The largest absolute Gasteiger partial charge is 0.356 e. The van der Waals surface area contributed by atoms with Crippen molar-refractivity contribution in [3.8, 4) is 0 Å². The SMILES string of the molecule is O=CC(C1=CN=Cc2ccccc2N1)c1ccccc1. The van der Waals surface area contributed by atoms with Crippen LogP contribution in [0.2, 0.25) is 0 Å². The number of fused-ring (bicyclic) bond motifs is 1. The predicted octanol–water partition coefficient (Wildman–Crippen LogP) is 3.36. The van der Waals surface area contributed by atoms with Crippen molar-refractivity contribution in [2.75, 3.05) is 5.32 Å². The van der Waals surface area contributed by atoms with Gasteiger partial charge in [-0.1, -0.05) is 48.5 Å². The van der Waals surface area contributed by atoms with Gasteiger partial charge in [-0.05, 0) is 11.6 Å². The molecule has 1 atom stereocenters. The molecule has 0 radical (unpaired) electrons. The van der Waals surface area contributed by atoms with Crippen molar-refractivity contribution in [2.45, 2.75) is 5.92 Å². The van der Waals surface area contributed by atoms with Crippen molar-refractivity contribution >= 4 is 18.2 Å². The van der Waals surface area contributed by atoms with Crippen LogP contribution >= 0.6 is 0 Å². The van der Waals surface area contributed by atoms with Gasteiger partial charge in [0, 0.05) is 29.4 Å². The van der Waals surface area contributed by atoms with E-state index in [2.05, 4.69) is 10.3 Å². The molecule has 1 unspecified atom stereocenters. The van der Waals surface area contributed by atoms with Gasteiger partial charge in [0.2, 0.25) is 0 Å². The van der Waals surface area contributed by atoms with Crippen LogP contribution in [0.4, 0.5) is 5.69 Å². The van der Waals surface area contributed by atoms with Crippen LogP contribution in [0.5, 0.6) is 0 Å². The molecule has 2 aromatic carbocycles. The summed E-state index contributed by atoms with van der Waals surface area (Å²) in [7, 11) is 0. The summed E-state index contributed by atoms with van der Waals surface area (Å²) < 4.78 is 0. The van der Waals surface area contributed by atoms with Crippen LogP contribution < -0.4 is 5.32 Å². The van der Waals surface area contributed by atoms with Gasteiger partial charge in [-0.2, -0.15) is 0 Å². The Morgan fingerprint density at radius 1 is 1.00 bits per heavy atom. The van der Waals surface area contributed by atoms with E-state index in [1.165, 1.54) is 0 Å². The Kier molecular flexibility index (Phi) is 3.42. The summed E-state index contributed by atoms with van der Waals surface area (Å²) in [6.45, 7) is 0. The lowest BCUT2D eigenvalue weighted by Crippen LogP contribution is -2.12. The van der Waals surface area contributed by atoms with E-state index in [1.807, 2.05) is 54.6 Å². The Bertz CT molecular complexity index is 674. The number of allylic oxidation sites excluding steroid dienone is 1. The van der Waals surface area contributed by atoms with Crippen molar-refractivity contribution in [3.05, 3.63) is 77.6 Å². The third-order valence-electron chi connectivity index (χ3n) is 3.30. The number of aliphatic imine (C=N–C) groups is 1. The van der Waals surface area contributed by atoms with Crippen molar-refractivity contribution in [3.63, 3.8) is 0 Å². The number of carbonyl (C=O) groups excluding carboxylic acids is 1. The van der Waals surface area contributed by atoms with Crippen LogP contribution in [0.1, 0.15) is 17.0 Å². The average Bonchev–Trinajstić information content (AvgIpc) is 2.71. The van der Waals surface area contributed by atoms with Gasteiger partial charge in [0.25, 0.3) is 0 Å². The van der Waals surface area contributed by atoms with Gasteiger partial charge in [0.05, 0.1) is 5.92 Å². The molecular formula is C17H14N2O. The fourth-order valence-corrected chi connectivity index (χ4v) is 2.26. The highest BCUT2D eigenvalue weighted by Crippen LogP contribution is 2.27. The molecule has 0 spiro atoms. The molecule has 0 saturated heterocycles. The summed E-state index contributed by atoms with van der Waals surface area (Å²) >= 11 is 0. The highest BCUT2D eigenvalue weighted by molar-refractivity contribution is 5.90. The van der Waals surface area contributed by atoms with Crippen molar-refractivity contribution < 1.29 is 4.79 Å². The fraction of sp³-hybridized carbons (Fsp3) is 0.0588. The van der Waals surface area contributed by atoms with E-state index in [-0.39, 0.29) is 5.92 Å². The van der Waals surface area contributed by atoms with Gasteiger partial charge in [0.15, 0.2) is 0 Å². The monoisotopic (exact) mass is 262 g/mol. The molecule has 0 amide bonds. The lowest BCUT2D eigenvalue weighted by atomic mass is 9.97. The van der Waals surface area contributed by atoms with E-state index < -0.39 is 0 Å². The average molecular weight is 262 g/mol. The van der Waals surface area contributed by atoms with E-state index >= 15 is 0 Å². The highest BCUT2D eigenvalue weighted by atomic mass is 16.1. The molecule has 2 aromatic rings. The van der Waals surface area contributed by atoms with Crippen LogP contribution in [0.15, 0.2) is 71.5 Å². The number of nitrogens with zero attached hydrogens (tertiary/aromatic N) is 1. The number of para-hydroxylation sites is 1. The molecule has 0 fully saturated rings. The number of benzene rings is 2. The molecule has 1 aliphatic heterocycles. The molecule has 3 nitrogen and oxygen atoms in total. The Hall–Kier alpha value is -2.68. The lowest BCUT2D eigenvalue weighted by Gasteiger charge is -2.16. The van der Waals surface area contributed by atoms with E-state index in [9.17, 15) is 4.79 Å². The summed E-state index contributed by atoms with van der Waals surface area (Å²) in [6.07, 6.45) is 4.45. The first-order valence-corrected chi connectivity index (χ1v) is 6.48. The summed E-state index contributed by atoms with van der Waals surface area (Å²) in [5.41, 5.74) is 3.71. The first kappa shape index (κ1) is 12.4. The third-order valence-corrected chi connectivity index (χ3v) is 3.30. The van der Waals surface area contributed by atoms with Crippen LogP contribution in [-0.4, -0.2) is 12.5 Å². The molecule has 0 saturated carbocycles. The minimum atomic E-state index is -0.334. The Balaban J connectivity index is 1.97. The number of anilines is 1. The maximum absolute atomic E-state index is 11.5. The standard InChI is InChI=1S/C17H14N2O/c20-12-15(13-6-2-1-3-7-13)17-11-18-10-14-8-4-5-9-16(14)19-17/h1-12,15,19H. The minimum Gasteiger partial charge on any atom is -0.356 e. The Labute approximate surface area is 117 Å². The van der Waals surface area contributed by atoms with E-state index in [0.717, 1.165) is 28.8 Å². The van der Waals surface area contributed by atoms with Gasteiger partial charge in [-0.25, -0.2) is 0 Å². The fourth-order valence-electron chi connectivity index (χ4n) is 2.26. The molecule has 0 aromatic heterocycles. The predicted molar refractivity (Wildman–Crippen MR) is 81.0 cm³/mol. The van der Waals surface area contributed by atoms with E-state index in [0.29, 0.717) is 0 Å². The van der Waals surface area contributed by atoms with E-state index in [4.69, 9.17) is 0 Å². The van der Waals surface area contributed by atoms with Crippen LogP contribution in [0.3, 0.4) is 0 Å². The van der Waals surface area contributed by atoms with Crippen LogP contribution in [0, 0.1) is 0 Å². The number of carbonyl (C=O) groups is 1. The number of rotatable bonds is 3. The number of aldehydes is 1. The quantitative estimate of drug-likeness (QED) is 0.862. The highest BCUT2D eigenvalue weighted by Gasteiger charge is 2.18. The molecule has 0 aliphatic carbocycles. The zero-order valence-electron chi connectivity index (χ0n) is 10.9. The number of hydrogen-bond donors (Lipinski definition) is 1. The molecule has 0 bridgehead atoms. The lowest BCUT2D eigenvalue weighted by molar-refractivity contribution is -0.108. The summed E-state index contributed by atoms with van der Waals surface area (Å²) in [6, 6.07) is 17.6. The van der Waals surface area contributed by atoms with E-state index in [1.54, 1.807) is 12.4 Å². The smallest absolute Gasteiger partial charge is 0.133 e. The third kappa shape index (κ3) is 2.38. The second-order valence-electron chi connectivity index (χ2n) is 4.60. The van der Waals surface area contributed by atoms with Crippen molar-refractivity contribution in [1.82, 2.24) is 0 Å². The van der Waals surface area contributed by atoms with Gasteiger partial charge in [0.1, 0.15) is 6.29 Å². The summed E-state index contributed by atoms with van der Waals surface area (Å²) in [5.74, 6) is -0.334. The van der Waals surface area contributed by atoms with Crippen LogP contribution in [-0.2, 0) is 4.79 Å².